The summed E-state index contributed by atoms with van der Waals surface area (Å²) in [5.74, 6) is 0. The van der Waals surface area contributed by atoms with E-state index in [4.69, 9.17) is 4.74 Å². The molecule has 2 nitrogen and oxygen atoms in total. The molecule has 3 atom stereocenters. The van der Waals surface area contributed by atoms with Gasteiger partial charge in [-0.05, 0) is 10.1 Å². The van der Waals surface area contributed by atoms with Gasteiger partial charge in [-0.1, -0.05) is 67.7 Å². The van der Waals surface area contributed by atoms with Crippen molar-refractivity contribution >= 4 is 16.1 Å². The quantitative estimate of drug-likeness (QED) is 0.750. The van der Waals surface area contributed by atoms with Gasteiger partial charge in [0.15, 0.2) is 0 Å². The summed E-state index contributed by atoms with van der Waals surface area (Å²) in [5.41, 5.74) is 0.654. The Kier molecular flexibility index (Phi) is 4.80. The van der Waals surface area contributed by atoms with Gasteiger partial charge in [0.1, 0.15) is 0 Å². The van der Waals surface area contributed by atoms with E-state index < -0.39 is 16.1 Å². The molecule has 0 aromatic carbocycles. The largest absolute Gasteiger partial charge is 0.391 e. The van der Waals surface area contributed by atoms with E-state index in [-0.39, 0.29) is 11.1 Å². The zero-order chi connectivity index (χ0) is 16.1. The molecule has 0 spiro atoms. The first-order valence-electron chi connectivity index (χ1n) is 7.93. The maximum absolute atomic E-state index is 10.6. The maximum atomic E-state index is 10.6. The van der Waals surface area contributed by atoms with E-state index in [0.717, 1.165) is 0 Å². The van der Waals surface area contributed by atoms with Crippen LogP contribution in [0.2, 0.25) is 41.8 Å². The normalized spacial score (nSPS) is 29.9. The predicted molar refractivity (Wildman–Crippen MR) is 93.9 cm³/mol. The van der Waals surface area contributed by atoms with Crippen LogP contribution in [0, 0.1) is 0 Å². The van der Waals surface area contributed by atoms with Crippen molar-refractivity contribution in [2.24, 2.45) is 0 Å². The maximum Gasteiger partial charge on any atom is 0.0869 e. The van der Waals surface area contributed by atoms with Crippen molar-refractivity contribution in [1.82, 2.24) is 0 Å². The second-order valence-corrected chi connectivity index (χ2v) is 20.9. The first kappa shape index (κ1) is 18.4. The van der Waals surface area contributed by atoms with E-state index in [9.17, 15) is 5.11 Å². The molecule has 1 fully saturated rings. The number of rotatable bonds is 2. The molecule has 0 bridgehead atoms. The third kappa shape index (κ3) is 2.94. The Hall–Kier alpha value is 0.354. The standard InChI is InChI=1S/C16H36O2Si2/c1-15(2,3)19(7,8)13-12(17)11-18-14(13)20(9,10)16(4,5)6/h12-14,17H,11H2,1-10H3/t12-,13+,14-/m0/s1. The lowest BCUT2D eigenvalue weighted by Gasteiger charge is -2.50. The third-order valence-electron chi connectivity index (χ3n) is 6.60. The SMILES string of the molecule is CC(C)(C)[Si](C)(C)[C@H]1[C@H]([Si](C)(C)C(C)(C)C)OC[C@@H]1O. The Morgan fingerprint density at radius 1 is 0.850 bits per heavy atom. The summed E-state index contributed by atoms with van der Waals surface area (Å²) in [6.45, 7) is 24.3. The lowest BCUT2D eigenvalue weighted by Crippen LogP contribution is -2.58. The molecular formula is C16H36O2Si2. The van der Waals surface area contributed by atoms with Crippen molar-refractivity contribution in [1.29, 1.82) is 0 Å². The zero-order valence-corrected chi connectivity index (χ0v) is 17.3. The Bertz CT molecular complexity index is 350. The second kappa shape index (κ2) is 5.22. The average Bonchev–Trinajstić information content (AvgIpc) is 2.57. The molecule has 1 saturated heterocycles. The Labute approximate surface area is 128 Å². The van der Waals surface area contributed by atoms with Crippen molar-refractivity contribution in [3.05, 3.63) is 0 Å². The lowest BCUT2D eigenvalue weighted by molar-refractivity contribution is 0.113. The van der Waals surface area contributed by atoms with E-state index in [1.54, 1.807) is 0 Å². The van der Waals surface area contributed by atoms with Crippen LogP contribution < -0.4 is 0 Å². The molecule has 1 N–H and O–H groups in total. The summed E-state index contributed by atoms with van der Waals surface area (Å²) >= 11 is 0. The molecule has 4 heteroatoms. The molecule has 1 heterocycles. The summed E-state index contributed by atoms with van der Waals surface area (Å²) < 4.78 is 6.20. The highest BCUT2D eigenvalue weighted by Gasteiger charge is 2.58. The average molecular weight is 317 g/mol. The second-order valence-electron chi connectivity index (χ2n) is 9.79. The molecule has 0 radical (unpaired) electrons. The monoisotopic (exact) mass is 316 g/mol. The van der Waals surface area contributed by atoms with Crippen LogP contribution in [0.3, 0.4) is 0 Å². The van der Waals surface area contributed by atoms with E-state index in [1.807, 2.05) is 0 Å². The molecule has 0 saturated carbocycles. The summed E-state index contributed by atoms with van der Waals surface area (Å²) in [6.07, 6.45) is -0.269. The Morgan fingerprint density at radius 2 is 1.25 bits per heavy atom. The summed E-state index contributed by atoms with van der Waals surface area (Å²) in [6, 6.07) is 0. The Morgan fingerprint density at radius 3 is 1.60 bits per heavy atom. The van der Waals surface area contributed by atoms with Crippen molar-refractivity contribution in [2.75, 3.05) is 6.61 Å². The van der Waals surface area contributed by atoms with E-state index in [2.05, 4.69) is 67.7 Å². The van der Waals surface area contributed by atoms with E-state index >= 15 is 0 Å². The Balaban J connectivity index is 3.23. The van der Waals surface area contributed by atoms with Crippen molar-refractivity contribution in [3.8, 4) is 0 Å². The van der Waals surface area contributed by atoms with Gasteiger partial charge in [-0.2, -0.15) is 0 Å². The number of aliphatic hydroxyl groups is 1. The van der Waals surface area contributed by atoms with Gasteiger partial charge >= 0.3 is 0 Å². The molecule has 1 aliphatic rings. The van der Waals surface area contributed by atoms with E-state index in [0.29, 0.717) is 22.9 Å². The summed E-state index contributed by atoms with van der Waals surface area (Å²) in [7, 11) is -3.24. The van der Waals surface area contributed by atoms with Gasteiger partial charge in [0.05, 0.1) is 34.6 Å². The van der Waals surface area contributed by atoms with Gasteiger partial charge in [-0.3, -0.25) is 0 Å². The molecule has 20 heavy (non-hydrogen) atoms. The fraction of sp³-hybridized carbons (Fsp3) is 1.00. The van der Waals surface area contributed by atoms with Crippen molar-refractivity contribution in [3.63, 3.8) is 0 Å². The minimum absolute atomic E-state index is 0.269. The topological polar surface area (TPSA) is 29.5 Å². The summed E-state index contributed by atoms with van der Waals surface area (Å²) in [5, 5.41) is 11.2. The van der Waals surface area contributed by atoms with Gasteiger partial charge in [0, 0.05) is 5.54 Å². The molecule has 120 valence electrons. The van der Waals surface area contributed by atoms with Gasteiger partial charge in [-0.25, -0.2) is 0 Å². The van der Waals surface area contributed by atoms with Crippen LogP contribution in [0.15, 0.2) is 0 Å². The van der Waals surface area contributed by atoms with Crippen molar-refractivity contribution in [2.45, 2.75) is 95.2 Å². The van der Waals surface area contributed by atoms with Crippen LogP contribution in [-0.4, -0.2) is 39.7 Å². The van der Waals surface area contributed by atoms with Gasteiger partial charge < -0.3 is 9.84 Å². The van der Waals surface area contributed by atoms with Crippen LogP contribution in [-0.2, 0) is 4.74 Å². The molecular weight excluding hydrogens is 280 g/mol. The minimum atomic E-state index is -1.63. The number of hydrogen-bond donors (Lipinski definition) is 1. The zero-order valence-electron chi connectivity index (χ0n) is 15.3. The van der Waals surface area contributed by atoms with Gasteiger partial charge in [0.2, 0.25) is 0 Å². The molecule has 1 rings (SSSR count). The highest BCUT2D eigenvalue weighted by Crippen LogP contribution is 2.54. The third-order valence-corrected chi connectivity index (χ3v) is 19.0. The molecule has 0 aliphatic carbocycles. The fourth-order valence-corrected chi connectivity index (χ4v) is 11.0. The number of hydrogen-bond acceptors (Lipinski definition) is 2. The van der Waals surface area contributed by atoms with Crippen LogP contribution >= 0.6 is 0 Å². The lowest BCUT2D eigenvalue weighted by atomic mass is 10.2. The number of aliphatic hydroxyl groups excluding tert-OH is 1. The minimum Gasteiger partial charge on any atom is -0.391 e. The first-order chi connectivity index (χ1) is 8.64. The fourth-order valence-electron chi connectivity index (χ4n) is 3.05. The number of ether oxygens (including phenoxy) is 1. The molecule has 0 unspecified atom stereocenters. The van der Waals surface area contributed by atoms with Crippen LogP contribution in [0.25, 0.3) is 0 Å². The highest BCUT2D eigenvalue weighted by molar-refractivity contribution is 6.87. The molecule has 1 aliphatic heterocycles. The van der Waals surface area contributed by atoms with E-state index in [1.165, 1.54) is 0 Å². The summed E-state index contributed by atoms with van der Waals surface area (Å²) in [4.78, 5) is 0. The van der Waals surface area contributed by atoms with Gasteiger partial charge in [-0.15, -0.1) is 0 Å². The van der Waals surface area contributed by atoms with Crippen LogP contribution in [0.4, 0.5) is 0 Å². The molecule has 0 aromatic rings. The highest BCUT2D eigenvalue weighted by atomic mass is 28.3. The van der Waals surface area contributed by atoms with Crippen LogP contribution in [0.5, 0.6) is 0 Å². The van der Waals surface area contributed by atoms with Crippen molar-refractivity contribution < 1.29 is 9.84 Å². The predicted octanol–water partition coefficient (Wildman–Crippen LogP) is 4.67. The smallest absolute Gasteiger partial charge is 0.0869 e. The molecule has 0 amide bonds. The molecule has 0 aromatic heterocycles. The van der Waals surface area contributed by atoms with Gasteiger partial charge in [0.25, 0.3) is 0 Å². The van der Waals surface area contributed by atoms with Crippen LogP contribution in [0.1, 0.15) is 41.5 Å². The first-order valence-corrected chi connectivity index (χ1v) is 14.1.